The molecule has 0 saturated carbocycles. The van der Waals surface area contributed by atoms with E-state index in [4.69, 9.17) is 4.74 Å². The molecule has 0 spiro atoms. The van der Waals surface area contributed by atoms with Crippen LogP contribution in [-0.4, -0.2) is 25.0 Å². The normalized spacial score (nSPS) is 13.9. The molecule has 1 aliphatic rings. The van der Waals surface area contributed by atoms with E-state index in [1.54, 1.807) is 24.3 Å². The average Bonchev–Trinajstić information content (AvgIpc) is 2.55. The lowest BCUT2D eigenvalue weighted by Gasteiger charge is -2.13. The van der Waals surface area contributed by atoms with Crippen molar-refractivity contribution in [1.29, 1.82) is 0 Å². The van der Waals surface area contributed by atoms with E-state index in [0.717, 1.165) is 12.8 Å². The second kappa shape index (κ2) is 8.98. The second-order valence-corrected chi connectivity index (χ2v) is 5.70. The van der Waals surface area contributed by atoms with Gasteiger partial charge in [-0.05, 0) is 56.4 Å². The highest BCUT2D eigenvalue weighted by molar-refractivity contribution is 5.88. The molecule has 0 bridgehead atoms. The number of anilines is 1. The molecule has 2 rings (SSSR count). The molecule has 1 aromatic rings. The van der Waals surface area contributed by atoms with E-state index in [1.165, 1.54) is 31.8 Å². The third kappa shape index (κ3) is 6.55. The van der Waals surface area contributed by atoms with E-state index in [2.05, 4.69) is 16.7 Å². The van der Waals surface area contributed by atoms with E-state index in [1.807, 2.05) is 0 Å². The topological polar surface area (TPSA) is 67.4 Å². The number of allylic oxidation sites excluding steroid dienone is 1. The van der Waals surface area contributed by atoms with Crippen molar-refractivity contribution in [1.82, 2.24) is 5.32 Å². The first kappa shape index (κ1) is 17.1. The molecule has 0 unspecified atom stereocenters. The summed E-state index contributed by atoms with van der Waals surface area (Å²) in [5, 5.41) is 5.55. The van der Waals surface area contributed by atoms with Crippen molar-refractivity contribution in [2.75, 3.05) is 18.5 Å². The number of carbonyl (C=O) groups excluding carboxylic acids is 2. The van der Waals surface area contributed by atoms with Gasteiger partial charge in [0, 0.05) is 19.2 Å². The predicted octanol–water partition coefficient (Wildman–Crippen LogP) is 3.03. The molecular formula is C18H24N2O3. The number of ether oxygens (including phenoxy) is 1. The van der Waals surface area contributed by atoms with E-state index >= 15 is 0 Å². The van der Waals surface area contributed by atoms with Gasteiger partial charge in [0.1, 0.15) is 5.75 Å². The number of amides is 2. The second-order valence-electron chi connectivity index (χ2n) is 5.70. The van der Waals surface area contributed by atoms with Gasteiger partial charge in [-0.15, -0.1) is 0 Å². The van der Waals surface area contributed by atoms with Crippen LogP contribution in [0.2, 0.25) is 0 Å². The van der Waals surface area contributed by atoms with Crippen molar-refractivity contribution in [3.63, 3.8) is 0 Å². The molecule has 5 heteroatoms. The lowest BCUT2D eigenvalue weighted by atomic mass is 9.97. The molecule has 0 atom stereocenters. The van der Waals surface area contributed by atoms with E-state index in [-0.39, 0.29) is 18.4 Å². The molecule has 5 nitrogen and oxygen atoms in total. The number of rotatable bonds is 7. The number of hydrogen-bond acceptors (Lipinski definition) is 3. The first-order chi connectivity index (χ1) is 11.1. The lowest BCUT2D eigenvalue weighted by Crippen LogP contribution is -2.30. The Hall–Kier alpha value is -2.30. The van der Waals surface area contributed by atoms with Crippen LogP contribution in [-0.2, 0) is 9.59 Å². The Morgan fingerprint density at radius 3 is 2.61 bits per heavy atom. The molecule has 1 aromatic carbocycles. The average molecular weight is 316 g/mol. The Bertz CT molecular complexity index is 564. The molecule has 0 radical (unpaired) electrons. The molecule has 1 aliphatic carbocycles. The Balaban J connectivity index is 1.65. The van der Waals surface area contributed by atoms with E-state index < -0.39 is 0 Å². The van der Waals surface area contributed by atoms with Gasteiger partial charge >= 0.3 is 0 Å². The zero-order valence-electron chi connectivity index (χ0n) is 13.6. The summed E-state index contributed by atoms with van der Waals surface area (Å²) in [6, 6.07) is 6.94. The number of benzene rings is 1. The van der Waals surface area contributed by atoms with Gasteiger partial charge in [-0.25, -0.2) is 0 Å². The van der Waals surface area contributed by atoms with E-state index in [9.17, 15) is 9.59 Å². The van der Waals surface area contributed by atoms with Gasteiger partial charge in [0.25, 0.3) is 5.91 Å². The van der Waals surface area contributed by atoms with Crippen molar-refractivity contribution in [2.45, 2.75) is 39.0 Å². The molecule has 0 saturated heterocycles. The molecule has 124 valence electrons. The van der Waals surface area contributed by atoms with Gasteiger partial charge in [-0.3, -0.25) is 9.59 Å². The Morgan fingerprint density at radius 2 is 1.96 bits per heavy atom. The van der Waals surface area contributed by atoms with Crippen molar-refractivity contribution in [2.24, 2.45) is 0 Å². The van der Waals surface area contributed by atoms with Crippen molar-refractivity contribution in [3.05, 3.63) is 35.9 Å². The SMILES string of the molecule is CC(=O)Nc1ccc(OCC(=O)NCCC2=CCCCC2)cc1. The fourth-order valence-electron chi connectivity index (χ4n) is 2.53. The molecule has 23 heavy (non-hydrogen) atoms. The summed E-state index contributed by atoms with van der Waals surface area (Å²) >= 11 is 0. The monoisotopic (exact) mass is 316 g/mol. The zero-order valence-corrected chi connectivity index (χ0v) is 13.6. The van der Waals surface area contributed by atoms with Crippen LogP contribution in [0.1, 0.15) is 39.0 Å². The van der Waals surface area contributed by atoms with Crippen molar-refractivity contribution < 1.29 is 14.3 Å². The standard InChI is InChI=1S/C18H24N2O3/c1-14(21)20-16-7-9-17(10-8-16)23-13-18(22)19-12-11-15-5-3-2-4-6-15/h5,7-10H,2-4,6,11-13H2,1H3,(H,19,22)(H,20,21). The minimum Gasteiger partial charge on any atom is -0.484 e. The van der Waals surface area contributed by atoms with Crippen LogP contribution in [0.5, 0.6) is 5.75 Å². The smallest absolute Gasteiger partial charge is 0.257 e. The van der Waals surface area contributed by atoms with Gasteiger partial charge in [0.15, 0.2) is 6.61 Å². The first-order valence-electron chi connectivity index (χ1n) is 8.08. The van der Waals surface area contributed by atoms with Crippen LogP contribution in [0.25, 0.3) is 0 Å². The maximum absolute atomic E-state index is 11.8. The van der Waals surface area contributed by atoms with Gasteiger partial charge < -0.3 is 15.4 Å². The van der Waals surface area contributed by atoms with Gasteiger partial charge in [0.2, 0.25) is 5.91 Å². The summed E-state index contributed by atoms with van der Waals surface area (Å²) in [5.74, 6) is 0.364. The summed E-state index contributed by atoms with van der Waals surface area (Å²) < 4.78 is 5.43. The van der Waals surface area contributed by atoms with Crippen LogP contribution in [0.15, 0.2) is 35.9 Å². The lowest BCUT2D eigenvalue weighted by molar-refractivity contribution is -0.123. The van der Waals surface area contributed by atoms with E-state index in [0.29, 0.717) is 18.0 Å². The first-order valence-corrected chi connectivity index (χ1v) is 8.08. The Kier molecular flexibility index (Phi) is 6.66. The fourth-order valence-corrected chi connectivity index (χ4v) is 2.53. The quantitative estimate of drug-likeness (QED) is 0.760. The largest absolute Gasteiger partial charge is 0.484 e. The minimum absolute atomic E-state index is 0.00146. The third-order valence-electron chi connectivity index (χ3n) is 3.70. The Labute approximate surface area is 137 Å². The van der Waals surface area contributed by atoms with Crippen LogP contribution in [0, 0.1) is 0 Å². The van der Waals surface area contributed by atoms with Gasteiger partial charge in [-0.2, -0.15) is 0 Å². The van der Waals surface area contributed by atoms with Gasteiger partial charge in [0.05, 0.1) is 0 Å². The van der Waals surface area contributed by atoms with Gasteiger partial charge in [-0.1, -0.05) is 11.6 Å². The summed E-state index contributed by atoms with van der Waals surface area (Å²) in [4.78, 5) is 22.7. The summed E-state index contributed by atoms with van der Waals surface area (Å²) in [6.45, 7) is 2.12. The molecule has 2 amide bonds. The Morgan fingerprint density at radius 1 is 1.17 bits per heavy atom. The third-order valence-corrected chi connectivity index (χ3v) is 3.70. The van der Waals surface area contributed by atoms with Crippen LogP contribution in [0.4, 0.5) is 5.69 Å². The molecule has 0 aromatic heterocycles. The van der Waals surface area contributed by atoms with Crippen molar-refractivity contribution in [3.8, 4) is 5.75 Å². The summed E-state index contributed by atoms with van der Waals surface area (Å²) in [6.07, 6.45) is 8.09. The maximum Gasteiger partial charge on any atom is 0.257 e. The number of nitrogens with one attached hydrogen (secondary N) is 2. The minimum atomic E-state index is -0.119. The van der Waals surface area contributed by atoms with Crippen LogP contribution in [0.3, 0.4) is 0 Å². The fraction of sp³-hybridized carbons (Fsp3) is 0.444. The molecule has 0 heterocycles. The molecular weight excluding hydrogens is 292 g/mol. The number of hydrogen-bond donors (Lipinski definition) is 2. The summed E-state index contributed by atoms with van der Waals surface area (Å²) in [7, 11) is 0. The highest BCUT2D eigenvalue weighted by Gasteiger charge is 2.06. The molecule has 0 fully saturated rings. The highest BCUT2D eigenvalue weighted by atomic mass is 16.5. The van der Waals surface area contributed by atoms with Crippen LogP contribution < -0.4 is 15.4 Å². The molecule has 2 N–H and O–H groups in total. The van der Waals surface area contributed by atoms with Crippen molar-refractivity contribution >= 4 is 17.5 Å². The molecule has 0 aliphatic heterocycles. The zero-order chi connectivity index (χ0) is 16.5. The number of carbonyl (C=O) groups is 2. The summed E-state index contributed by atoms with van der Waals surface area (Å²) in [5.41, 5.74) is 2.15. The predicted molar refractivity (Wildman–Crippen MR) is 90.4 cm³/mol. The van der Waals surface area contributed by atoms with Crippen LogP contribution >= 0.6 is 0 Å². The maximum atomic E-state index is 11.8. The highest BCUT2D eigenvalue weighted by Crippen LogP contribution is 2.19.